The van der Waals surface area contributed by atoms with E-state index in [0.29, 0.717) is 23.9 Å². The van der Waals surface area contributed by atoms with Crippen molar-refractivity contribution in [1.29, 1.82) is 0 Å². The van der Waals surface area contributed by atoms with Crippen LogP contribution in [0.15, 0.2) is 95.9 Å². The minimum atomic E-state index is -0.282. The smallest absolute Gasteiger partial charge is 0.293 e. The monoisotopic (exact) mass is 495 g/mol. The van der Waals surface area contributed by atoms with Crippen molar-refractivity contribution in [3.63, 3.8) is 0 Å². The Morgan fingerprint density at radius 1 is 0.806 bits per heavy atom. The molecule has 1 heterocycles. The number of amides is 2. The summed E-state index contributed by atoms with van der Waals surface area (Å²) < 4.78 is 11.5. The largest absolute Gasteiger partial charge is 0.490 e. The molecule has 0 aromatic heterocycles. The molecule has 180 valence electrons. The highest BCUT2D eigenvalue weighted by Gasteiger charge is 2.35. The van der Waals surface area contributed by atoms with Crippen LogP contribution in [0.5, 0.6) is 11.5 Å². The molecule has 1 aliphatic rings. The minimum absolute atomic E-state index is 0.244. The molecule has 0 N–H and O–H groups in total. The molecule has 0 atom stereocenters. The van der Waals surface area contributed by atoms with E-state index in [9.17, 15) is 9.59 Å². The highest BCUT2D eigenvalue weighted by atomic mass is 32.2. The van der Waals surface area contributed by atoms with Gasteiger partial charge in [0.25, 0.3) is 11.1 Å². The van der Waals surface area contributed by atoms with Gasteiger partial charge in [0.1, 0.15) is 24.7 Å². The van der Waals surface area contributed by atoms with Crippen molar-refractivity contribution < 1.29 is 19.1 Å². The first kappa shape index (κ1) is 23.7. The van der Waals surface area contributed by atoms with Gasteiger partial charge in [0.15, 0.2) is 0 Å². The summed E-state index contributed by atoms with van der Waals surface area (Å²) in [7, 11) is 0. The van der Waals surface area contributed by atoms with E-state index in [-0.39, 0.29) is 17.7 Å². The summed E-state index contributed by atoms with van der Waals surface area (Å²) in [6, 6.07) is 29.2. The van der Waals surface area contributed by atoms with Crippen LogP contribution in [-0.2, 0) is 11.3 Å². The van der Waals surface area contributed by atoms with Gasteiger partial charge in [-0.2, -0.15) is 0 Å². The number of rotatable bonds is 8. The Morgan fingerprint density at radius 3 is 2.36 bits per heavy atom. The molecule has 5 rings (SSSR count). The Labute approximate surface area is 214 Å². The molecule has 0 bridgehead atoms. The van der Waals surface area contributed by atoms with E-state index in [1.165, 1.54) is 10.5 Å². The maximum atomic E-state index is 13.1. The van der Waals surface area contributed by atoms with E-state index in [2.05, 4.69) is 0 Å². The molecular formula is C30H25NO4S. The Kier molecular flexibility index (Phi) is 7.05. The first-order valence-corrected chi connectivity index (χ1v) is 12.5. The van der Waals surface area contributed by atoms with Gasteiger partial charge in [-0.15, -0.1) is 0 Å². The number of ether oxygens (including phenoxy) is 2. The molecule has 4 aromatic rings. The third-order valence-corrected chi connectivity index (χ3v) is 6.79. The van der Waals surface area contributed by atoms with Gasteiger partial charge < -0.3 is 9.47 Å². The van der Waals surface area contributed by atoms with Gasteiger partial charge in [-0.25, -0.2) is 0 Å². The SMILES string of the molecule is Cc1ccc(OCCOc2cccc(/C=C3\SC(=O)N(Cc4cccc5ccccc45)C3=O)c2)cc1. The predicted octanol–water partition coefficient (Wildman–Crippen LogP) is 6.84. The van der Waals surface area contributed by atoms with E-state index in [1.54, 1.807) is 6.08 Å². The Balaban J connectivity index is 1.23. The van der Waals surface area contributed by atoms with Gasteiger partial charge in [0.05, 0.1) is 11.4 Å². The average Bonchev–Trinajstić information content (AvgIpc) is 3.15. The second kappa shape index (κ2) is 10.7. The second-order valence-corrected chi connectivity index (χ2v) is 9.48. The third-order valence-electron chi connectivity index (χ3n) is 5.88. The van der Waals surface area contributed by atoms with Gasteiger partial charge in [-0.3, -0.25) is 14.5 Å². The van der Waals surface area contributed by atoms with Crippen molar-refractivity contribution in [2.45, 2.75) is 13.5 Å². The zero-order valence-electron chi connectivity index (χ0n) is 19.8. The highest BCUT2D eigenvalue weighted by molar-refractivity contribution is 8.18. The van der Waals surface area contributed by atoms with E-state index in [0.717, 1.165) is 39.4 Å². The molecule has 0 aliphatic carbocycles. The van der Waals surface area contributed by atoms with Crippen molar-refractivity contribution in [2.75, 3.05) is 13.2 Å². The number of fused-ring (bicyclic) bond motifs is 1. The molecule has 1 aliphatic heterocycles. The highest BCUT2D eigenvalue weighted by Crippen LogP contribution is 2.34. The number of hydrogen-bond acceptors (Lipinski definition) is 5. The fourth-order valence-corrected chi connectivity index (χ4v) is 4.87. The lowest BCUT2D eigenvalue weighted by Gasteiger charge is -2.14. The molecule has 2 amide bonds. The van der Waals surface area contributed by atoms with Crippen molar-refractivity contribution in [1.82, 2.24) is 4.90 Å². The fourth-order valence-electron chi connectivity index (χ4n) is 4.04. The molecule has 6 heteroatoms. The molecule has 4 aromatic carbocycles. The lowest BCUT2D eigenvalue weighted by molar-refractivity contribution is -0.123. The first-order chi connectivity index (χ1) is 17.6. The number of benzene rings is 4. The van der Waals surface area contributed by atoms with Gasteiger partial charge in [0.2, 0.25) is 0 Å². The van der Waals surface area contributed by atoms with Gasteiger partial charge in [0, 0.05) is 0 Å². The van der Waals surface area contributed by atoms with Crippen molar-refractivity contribution in [3.05, 3.63) is 113 Å². The Morgan fingerprint density at radius 2 is 1.53 bits per heavy atom. The summed E-state index contributed by atoms with van der Waals surface area (Å²) in [6.45, 7) is 3.08. The van der Waals surface area contributed by atoms with Crippen LogP contribution < -0.4 is 9.47 Å². The van der Waals surface area contributed by atoms with E-state index < -0.39 is 0 Å². The standard InChI is InChI=1S/C30H25NO4S/c1-21-12-14-25(15-13-21)34-16-17-35-26-10-4-6-22(18-26)19-28-29(32)31(30(33)36-28)20-24-9-5-8-23-7-2-3-11-27(23)24/h2-15,18-19H,16-17,20H2,1H3/b28-19-. The van der Waals surface area contributed by atoms with Gasteiger partial charge in [-0.05, 0) is 70.9 Å². The van der Waals surface area contributed by atoms with Crippen LogP contribution in [-0.4, -0.2) is 29.3 Å². The predicted molar refractivity (Wildman–Crippen MR) is 144 cm³/mol. The van der Waals surface area contributed by atoms with Crippen molar-refractivity contribution in [3.8, 4) is 11.5 Å². The first-order valence-electron chi connectivity index (χ1n) is 11.7. The van der Waals surface area contributed by atoms with Crippen LogP contribution in [0.1, 0.15) is 16.7 Å². The maximum Gasteiger partial charge on any atom is 0.293 e. The lowest BCUT2D eigenvalue weighted by atomic mass is 10.0. The van der Waals surface area contributed by atoms with Crippen LogP contribution in [0, 0.1) is 6.92 Å². The molecular weight excluding hydrogens is 470 g/mol. The number of carbonyl (C=O) groups excluding carboxylic acids is 2. The number of thioether (sulfide) groups is 1. The molecule has 0 radical (unpaired) electrons. The van der Waals surface area contributed by atoms with Crippen molar-refractivity contribution in [2.24, 2.45) is 0 Å². The number of aryl methyl sites for hydroxylation is 1. The Bertz CT molecular complexity index is 1440. The summed E-state index contributed by atoms with van der Waals surface area (Å²) >= 11 is 0.965. The number of hydrogen-bond donors (Lipinski definition) is 0. The normalized spacial score (nSPS) is 14.6. The summed E-state index contributed by atoms with van der Waals surface area (Å²) in [5.41, 5.74) is 2.92. The molecule has 5 nitrogen and oxygen atoms in total. The summed E-state index contributed by atoms with van der Waals surface area (Å²) in [5.74, 6) is 1.19. The average molecular weight is 496 g/mol. The van der Waals surface area contributed by atoms with E-state index >= 15 is 0 Å². The topological polar surface area (TPSA) is 55.8 Å². The molecule has 1 saturated heterocycles. The Hall–Kier alpha value is -4.03. The van der Waals surface area contributed by atoms with Gasteiger partial charge in [-0.1, -0.05) is 72.3 Å². The summed E-state index contributed by atoms with van der Waals surface area (Å²) in [5, 5.41) is 1.86. The second-order valence-electron chi connectivity index (χ2n) is 8.49. The lowest BCUT2D eigenvalue weighted by Crippen LogP contribution is -2.27. The number of imide groups is 1. The molecule has 0 unspecified atom stereocenters. The zero-order chi connectivity index (χ0) is 24.9. The van der Waals surface area contributed by atoms with Crippen molar-refractivity contribution >= 4 is 39.8 Å². The summed E-state index contributed by atoms with van der Waals surface area (Å²) in [4.78, 5) is 27.5. The molecule has 36 heavy (non-hydrogen) atoms. The number of nitrogens with zero attached hydrogens (tertiary/aromatic N) is 1. The summed E-state index contributed by atoms with van der Waals surface area (Å²) in [6.07, 6.45) is 1.74. The van der Waals surface area contributed by atoms with Crippen LogP contribution >= 0.6 is 11.8 Å². The molecule has 0 spiro atoms. The maximum absolute atomic E-state index is 13.1. The van der Waals surface area contributed by atoms with E-state index in [4.69, 9.17) is 9.47 Å². The molecule has 0 saturated carbocycles. The quantitative estimate of drug-likeness (QED) is 0.198. The zero-order valence-corrected chi connectivity index (χ0v) is 20.7. The number of carbonyl (C=O) groups is 2. The third kappa shape index (κ3) is 5.44. The van der Waals surface area contributed by atoms with Crippen LogP contribution in [0.4, 0.5) is 4.79 Å². The molecule has 1 fully saturated rings. The van der Waals surface area contributed by atoms with E-state index in [1.807, 2.05) is 97.9 Å². The van der Waals surface area contributed by atoms with Crippen LogP contribution in [0.2, 0.25) is 0 Å². The van der Waals surface area contributed by atoms with Crippen LogP contribution in [0.3, 0.4) is 0 Å². The fraction of sp³-hybridized carbons (Fsp3) is 0.133. The van der Waals surface area contributed by atoms with Gasteiger partial charge >= 0.3 is 0 Å². The minimum Gasteiger partial charge on any atom is -0.490 e. The van der Waals surface area contributed by atoms with Crippen LogP contribution in [0.25, 0.3) is 16.8 Å².